The summed E-state index contributed by atoms with van der Waals surface area (Å²) in [6.45, 7) is 8.21. The van der Waals surface area contributed by atoms with Gasteiger partial charge in [0, 0.05) is 25.5 Å². The van der Waals surface area contributed by atoms with Crippen molar-refractivity contribution in [3.8, 4) is 0 Å². The average Bonchev–Trinajstić information content (AvgIpc) is 3.04. The topological polar surface area (TPSA) is 50.4 Å². The average molecular weight is 305 g/mol. The molecule has 0 spiro atoms. The van der Waals surface area contributed by atoms with Crippen LogP contribution in [0.4, 0.5) is 0 Å². The Morgan fingerprint density at radius 3 is 2.85 bits per heavy atom. The summed E-state index contributed by atoms with van der Waals surface area (Å²) in [6, 6.07) is 0. The van der Waals surface area contributed by atoms with Gasteiger partial charge in [-0.3, -0.25) is 4.79 Å². The Labute approximate surface area is 128 Å². The van der Waals surface area contributed by atoms with E-state index in [4.69, 9.17) is 4.74 Å². The number of hydrogen-bond donors (Lipinski definition) is 2. The van der Waals surface area contributed by atoms with Crippen LogP contribution in [0, 0.1) is 17.8 Å². The number of halogens is 1. The zero-order valence-corrected chi connectivity index (χ0v) is 13.5. The first-order valence-electron chi connectivity index (χ1n) is 7.76. The van der Waals surface area contributed by atoms with Crippen molar-refractivity contribution in [2.24, 2.45) is 17.8 Å². The van der Waals surface area contributed by atoms with Gasteiger partial charge < -0.3 is 15.4 Å². The number of ether oxygens (including phenoxy) is 1. The Hall–Kier alpha value is -0.320. The summed E-state index contributed by atoms with van der Waals surface area (Å²) in [5, 5.41) is 6.44. The molecule has 2 saturated heterocycles. The second kappa shape index (κ2) is 8.85. The maximum atomic E-state index is 11.9. The molecule has 1 amide bonds. The summed E-state index contributed by atoms with van der Waals surface area (Å²) in [6.07, 6.45) is 4.31. The first kappa shape index (κ1) is 17.7. The highest BCUT2D eigenvalue weighted by Gasteiger charge is 2.30. The number of nitrogens with one attached hydrogen (secondary N) is 2. The van der Waals surface area contributed by atoms with Crippen molar-refractivity contribution in [1.82, 2.24) is 10.6 Å². The van der Waals surface area contributed by atoms with Crippen LogP contribution in [0.1, 0.15) is 39.5 Å². The highest BCUT2D eigenvalue weighted by atomic mass is 35.5. The minimum Gasteiger partial charge on any atom is -0.378 e. The first-order chi connectivity index (χ1) is 9.16. The molecule has 118 valence electrons. The minimum atomic E-state index is 0. The van der Waals surface area contributed by atoms with Gasteiger partial charge in [-0.1, -0.05) is 13.8 Å². The fourth-order valence-electron chi connectivity index (χ4n) is 3.24. The van der Waals surface area contributed by atoms with Gasteiger partial charge in [0.15, 0.2) is 0 Å². The lowest BCUT2D eigenvalue weighted by Crippen LogP contribution is -2.35. The molecule has 0 aromatic heterocycles. The van der Waals surface area contributed by atoms with E-state index < -0.39 is 0 Å². The van der Waals surface area contributed by atoms with Crippen molar-refractivity contribution in [2.75, 3.05) is 26.2 Å². The fraction of sp³-hybridized carbons (Fsp3) is 0.933. The minimum absolute atomic E-state index is 0. The van der Waals surface area contributed by atoms with E-state index in [2.05, 4.69) is 24.5 Å². The number of rotatable bonds is 6. The van der Waals surface area contributed by atoms with Crippen molar-refractivity contribution in [3.63, 3.8) is 0 Å². The van der Waals surface area contributed by atoms with Crippen LogP contribution in [0.5, 0.6) is 0 Å². The number of amides is 1. The Kier molecular flexibility index (Phi) is 7.85. The molecule has 0 radical (unpaired) electrons. The zero-order valence-electron chi connectivity index (χ0n) is 12.7. The van der Waals surface area contributed by atoms with Gasteiger partial charge in [-0.2, -0.15) is 0 Å². The second-order valence-electron chi connectivity index (χ2n) is 6.33. The van der Waals surface area contributed by atoms with E-state index in [1.165, 1.54) is 6.42 Å². The third-order valence-electron chi connectivity index (χ3n) is 4.42. The van der Waals surface area contributed by atoms with Gasteiger partial charge >= 0.3 is 0 Å². The summed E-state index contributed by atoms with van der Waals surface area (Å²) in [5.41, 5.74) is 0. The van der Waals surface area contributed by atoms with E-state index in [0.717, 1.165) is 39.1 Å². The van der Waals surface area contributed by atoms with Crippen molar-refractivity contribution in [1.29, 1.82) is 0 Å². The molecule has 2 aliphatic rings. The first-order valence-corrected chi connectivity index (χ1v) is 7.76. The predicted octanol–water partition coefficient (Wildman–Crippen LogP) is 1.98. The van der Waals surface area contributed by atoms with Gasteiger partial charge in [0.1, 0.15) is 0 Å². The summed E-state index contributed by atoms with van der Waals surface area (Å²) < 4.78 is 5.74. The molecule has 20 heavy (non-hydrogen) atoms. The van der Waals surface area contributed by atoms with Crippen molar-refractivity contribution < 1.29 is 9.53 Å². The molecule has 2 N–H and O–H groups in total. The van der Waals surface area contributed by atoms with E-state index in [-0.39, 0.29) is 18.3 Å². The SMILES string of the molecule is CC(C)C1OCCC1CNC(=O)CCC1CCNC1.Cl. The van der Waals surface area contributed by atoms with E-state index in [1.807, 2.05) is 0 Å². The highest BCUT2D eigenvalue weighted by molar-refractivity contribution is 5.85. The number of hydrogen-bond acceptors (Lipinski definition) is 3. The van der Waals surface area contributed by atoms with Gasteiger partial charge in [0.05, 0.1) is 6.10 Å². The third-order valence-corrected chi connectivity index (χ3v) is 4.42. The lowest BCUT2D eigenvalue weighted by atomic mass is 9.93. The molecule has 2 aliphatic heterocycles. The molecule has 4 nitrogen and oxygen atoms in total. The Bertz CT molecular complexity index is 294. The summed E-state index contributed by atoms with van der Waals surface area (Å²) in [4.78, 5) is 11.9. The Morgan fingerprint density at radius 1 is 1.40 bits per heavy atom. The van der Waals surface area contributed by atoms with Crippen LogP contribution in [-0.2, 0) is 9.53 Å². The van der Waals surface area contributed by atoms with E-state index in [1.54, 1.807) is 0 Å². The maximum absolute atomic E-state index is 11.9. The molecule has 0 saturated carbocycles. The molecule has 0 aromatic carbocycles. The largest absolute Gasteiger partial charge is 0.378 e. The van der Waals surface area contributed by atoms with E-state index >= 15 is 0 Å². The molecule has 5 heteroatoms. The van der Waals surface area contributed by atoms with Crippen molar-refractivity contribution >= 4 is 18.3 Å². The van der Waals surface area contributed by atoms with Crippen LogP contribution >= 0.6 is 12.4 Å². The van der Waals surface area contributed by atoms with Crippen LogP contribution in [0.3, 0.4) is 0 Å². The van der Waals surface area contributed by atoms with Gasteiger partial charge in [-0.25, -0.2) is 0 Å². The van der Waals surface area contributed by atoms with Crippen LogP contribution in [0.25, 0.3) is 0 Å². The zero-order chi connectivity index (χ0) is 13.7. The van der Waals surface area contributed by atoms with Crippen LogP contribution in [0.15, 0.2) is 0 Å². The molecule has 3 unspecified atom stereocenters. The van der Waals surface area contributed by atoms with Crippen molar-refractivity contribution in [3.05, 3.63) is 0 Å². The Morgan fingerprint density at radius 2 is 2.20 bits per heavy atom. The molecule has 2 rings (SSSR count). The van der Waals surface area contributed by atoms with E-state index in [9.17, 15) is 4.79 Å². The molecule has 2 fully saturated rings. The number of carbonyl (C=O) groups is 1. The molecule has 0 aromatic rings. The molecule has 3 atom stereocenters. The molecular formula is C15H29ClN2O2. The second-order valence-corrected chi connectivity index (χ2v) is 6.33. The third kappa shape index (κ3) is 5.23. The smallest absolute Gasteiger partial charge is 0.220 e. The van der Waals surface area contributed by atoms with Gasteiger partial charge in [0.2, 0.25) is 5.91 Å². The summed E-state index contributed by atoms with van der Waals surface area (Å²) >= 11 is 0. The molecule has 0 bridgehead atoms. The predicted molar refractivity (Wildman–Crippen MR) is 83.2 cm³/mol. The lowest BCUT2D eigenvalue weighted by Gasteiger charge is -2.22. The highest BCUT2D eigenvalue weighted by Crippen LogP contribution is 2.26. The van der Waals surface area contributed by atoms with E-state index in [0.29, 0.717) is 30.3 Å². The molecular weight excluding hydrogens is 276 g/mol. The van der Waals surface area contributed by atoms with Gasteiger partial charge in [-0.05, 0) is 44.2 Å². The lowest BCUT2D eigenvalue weighted by molar-refractivity contribution is -0.121. The monoisotopic (exact) mass is 304 g/mol. The summed E-state index contributed by atoms with van der Waals surface area (Å²) in [5.74, 6) is 1.94. The molecule has 2 heterocycles. The van der Waals surface area contributed by atoms with Gasteiger partial charge in [0.25, 0.3) is 0 Å². The standard InChI is InChI=1S/C15H28N2O2.ClH/c1-11(2)15-13(6-8-19-15)10-17-14(18)4-3-12-5-7-16-9-12;/h11-13,15-16H,3-10H2,1-2H3,(H,17,18);1H. The summed E-state index contributed by atoms with van der Waals surface area (Å²) in [7, 11) is 0. The van der Waals surface area contributed by atoms with Crippen molar-refractivity contribution in [2.45, 2.75) is 45.6 Å². The van der Waals surface area contributed by atoms with Crippen LogP contribution in [-0.4, -0.2) is 38.3 Å². The quantitative estimate of drug-likeness (QED) is 0.789. The fourth-order valence-corrected chi connectivity index (χ4v) is 3.24. The van der Waals surface area contributed by atoms with Crippen LogP contribution < -0.4 is 10.6 Å². The Balaban J connectivity index is 0.00000200. The molecule has 0 aliphatic carbocycles. The maximum Gasteiger partial charge on any atom is 0.220 e. The van der Waals surface area contributed by atoms with Gasteiger partial charge in [-0.15, -0.1) is 12.4 Å². The number of carbonyl (C=O) groups excluding carboxylic acids is 1. The van der Waals surface area contributed by atoms with Crippen LogP contribution in [0.2, 0.25) is 0 Å². The normalized spacial score (nSPS) is 29.4.